The maximum Gasteiger partial charge on any atom is 0.243 e. The van der Waals surface area contributed by atoms with E-state index in [1.165, 1.54) is 6.42 Å². The van der Waals surface area contributed by atoms with E-state index in [-0.39, 0.29) is 30.8 Å². The Kier molecular flexibility index (Phi) is 9.43. The van der Waals surface area contributed by atoms with Crippen molar-refractivity contribution in [3.05, 3.63) is 106 Å². The summed E-state index contributed by atoms with van der Waals surface area (Å²) < 4.78 is 0. The molecule has 4 rings (SSSR count). The summed E-state index contributed by atoms with van der Waals surface area (Å²) in [5.74, 6) is -0.271. The summed E-state index contributed by atoms with van der Waals surface area (Å²) >= 11 is 13.0. The number of carbonyl (C=O) groups is 2. The predicted octanol–water partition coefficient (Wildman–Crippen LogP) is 6.62. The van der Waals surface area contributed by atoms with Crippen LogP contribution >= 0.6 is 23.2 Å². The van der Waals surface area contributed by atoms with Gasteiger partial charge in [0.25, 0.3) is 0 Å². The first-order valence-corrected chi connectivity index (χ1v) is 13.4. The number of hydrogen-bond acceptors (Lipinski definition) is 2. The van der Waals surface area contributed by atoms with Crippen molar-refractivity contribution in [1.29, 1.82) is 0 Å². The molecule has 4 nitrogen and oxygen atoms in total. The van der Waals surface area contributed by atoms with Gasteiger partial charge in [0.05, 0.1) is 6.42 Å². The van der Waals surface area contributed by atoms with Crippen LogP contribution in [-0.4, -0.2) is 28.8 Å². The second-order valence-corrected chi connectivity index (χ2v) is 10.2. The highest BCUT2D eigenvalue weighted by Crippen LogP contribution is 2.28. The zero-order valence-electron chi connectivity index (χ0n) is 20.3. The van der Waals surface area contributed by atoms with Crippen molar-refractivity contribution in [3.8, 4) is 0 Å². The average molecular weight is 524 g/mol. The molecule has 1 aliphatic rings. The maximum atomic E-state index is 13.8. The first-order valence-electron chi connectivity index (χ1n) is 12.6. The van der Waals surface area contributed by atoms with E-state index in [0.717, 1.165) is 36.8 Å². The predicted molar refractivity (Wildman–Crippen MR) is 146 cm³/mol. The molecule has 36 heavy (non-hydrogen) atoms. The molecule has 1 fully saturated rings. The first-order chi connectivity index (χ1) is 17.5. The highest BCUT2D eigenvalue weighted by atomic mass is 35.5. The Morgan fingerprint density at radius 3 is 2.00 bits per heavy atom. The highest BCUT2D eigenvalue weighted by Gasteiger charge is 2.32. The summed E-state index contributed by atoms with van der Waals surface area (Å²) in [4.78, 5) is 29.3. The largest absolute Gasteiger partial charge is 0.352 e. The molecule has 0 saturated heterocycles. The van der Waals surface area contributed by atoms with Gasteiger partial charge in [0.1, 0.15) is 6.04 Å². The Bertz CT molecular complexity index is 1130. The monoisotopic (exact) mass is 522 g/mol. The zero-order valence-corrected chi connectivity index (χ0v) is 21.8. The van der Waals surface area contributed by atoms with E-state index in [4.69, 9.17) is 23.2 Å². The lowest BCUT2D eigenvalue weighted by Gasteiger charge is -2.34. The molecular formula is C30H32Cl2N2O2. The van der Waals surface area contributed by atoms with E-state index >= 15 is 0 Å². The summed E-state index contributed by atoms with van der Waals surface area (Å²) in [6, 6.07) is 24.2. The van der Waals surface area contributed by atoms with E-state index in [9.17, 15) is 9.59 Å². The minimum absolute atomic E-state index is 0.129. The number of nitrogens with zero attached hydrogens (tertiary/aromatic N) is 1. The minimum atomic E-state index is -0.696. The minimum Gasteiger partial charge on any atom is -0.352 e. The lowest BCUT2D eigenvalue weighted by atomic mass is 9.94. The van der Waals surface area contributed by atoms with Gasteiger partial charge in [0.15, 0.2) is 0 Å². The first kappa shape index (κ1) is 26.2. The molecule has 3 aromatic rings. The summed E-state index contributed by atoms with van der Waals surface area (Å²) in [5, 5.41) is 4.21. The molecule has 0 heterocycles. The highest BCUT2D eigenvalue weighted by molar-refractivity contribution is 6.36. The van der Waals surface area contributed by atoms with Crippen molar-refractivity contribution in [1.82, 2.24) is 10.2 Å². The van der Waals surface area contributed by atoms with Crippen molar-refractivity contribution < 1.29 is 9.59 Å². The summed E-state index contributed by atoms with van der Waals surface area (Å²) in [6.07, 6.45) is 5.95. The molecule has 0 unspecified atom stereocenters. The van der Waals surface area contributed by atoms with Crippen molar-refractivity contribution in [2.45, 2.75) is 63.6 Å². The number of hydrogen-bond donors (Lipinski definition) is 1. The number of halogens is 2. The van der Waals surface area contributed by atoms with Gasteiger partial charge in [0, 0.05) is 34.6 Å². The third-order valence-electron chi connectivity index (χ3n) is 6.81. The fourth-order valence-corrected chi connectivity index (χ4v) is 5.34. The van der Waals surface area contributed by atoms with Crippen LogP contribution in [0.3, 0.4) is 0 Å². The standard InChI is InChI=1S/C30H32Cl2N2O2/c31-26-17-10-18-27(32)25(26)21-34(29(35)20-23-13-6-2-7-14-23)28(19-22-11-4-1-5-12-22)30(36)33-24-15-8-3-9-16-24/h1-2,4-7,10-14,17-18,24,28H,3,8-9,15-16,19-21H2,(H,33,36)/t28-/m1/s1. The molecular weight excluding hydrogens is 491 g/mol. The maximum absolute atomic E-state index is 13.8. The van der Waals surface area contributed by atoms with E-state index < -0.39 is 6.04 Å². The Labute approximate surface area is 223 Å². The molecule has 1 saturated carbocycles. The van der Waals surface area contributed by atoms with Crippen LogP contribution in [0.15, 0.2) is 78.9 Å². The number of rotatable bonds is 9. The molecule has 3 aromatic carbocycles. The van der Waals surface area contributed by atoms with E-state index in [0.29, 0.717) is 22.0 Å². The fourth-order valence-electron chi connectivity index (χ4n) is 4.82. The van der Waals surface area contributed by atoms with E-state index in [2.05, 4.69) is 5.32 Å². The Hall–Kier alpha value is -2.82. The van der Waals surface area contributed by atoms with Gasteiger partial charge in [-0.1, -0.05) is 109 Å². The SMILES string of the molecule is O=C(NC1CCCCC1)[C@@H](Cc1ccccc1)N(Cc1c(Cl)cccc1Cl)C(=O)Cc1ccccc1. The quantitative estimate of drug-likeness (QED) is 0.343. The second kappa shape index (κ2) is 12.9. The topological polar surface area (TPSA) is 49.4 Å². The number of carbonyl (C=O) groups excluding carboxylic acids is 2. The van der Waals surface area contributed by atoms with Crippen LogP contribution in [0.2, 0.25) is 10.0 Å². The van der Waals surface area contributed by atoms with E-state index in [1.54, 1.807) is 23.1 Å². The Morgan fingerprint density at radius 1 is 0.806 bits per heavy atom. The van der Waals surface area contributed by atoms with Crippen molar-refractivity contribution in [2.24, 2.45) is 0 Å². The molecule has 188 valence electrons. The summed E-state index contributed by atoms with van der Waals surface area (Å²) in [5.41, 5.74) is 2.53. The van der Waals surface area contributed by atoms with E-state index in [1.807, 2.05) is 60.7 Å². The molecule has 1 atom stereocenters. The zero-order chi connectivity index (χ0) is 25.3. The van der Waals surface area contributed by atoms with Gasteiger partial charge in [0.2, 0.25) is 11.8 Å². The second-order valence-electron chi connectivity index (χ2n) is 9.43. The van der Waals surface area contributed by atoms with Crippen LogP contribution < -0.4 is 5.32 Å². The van der Waals surface area contributed by atoms with Gasteiger partial charge in [-0.2, -0.15) is 0 Å². The van der Waals surface area contributed by atoms with Crippen molar-refractivity contribution >= 4 is 35.0 Å². The third-order valence-corrected chi connectivity index (χ3v) is 7.52. The molecule has 1 aliphatic carbocycles. The number of amides is 2. The third kappa shape index (κ3) is 7.11. The van der Waals surface area contributed by atoms with Gasteiger partial charge in [-0.3, -0.25) is 9.59 Å². The van der Waals surface area contributed by atoms with Gasteiger partial charge in [-0.15, -0.1) is 0 Å². The molecule has 0 bridgehead atoms. The smallest absolute Gasteiger partial charge is 0.243 e. The fraction of sp³-hybridized carbons (Fsp3) is 0.333. The molecule has 6 heteroatoms. The molecule has 0 radical (unpaired) electrons. The van der Waals surface area contributed by atoms with Crippen LogP contribution in [-0.2, 0) is 29.0 Å². The lowest BCUT2D eigenvalue weighted by Crippen LogP contribution is -2.53. The number of benzene rings is 3. The Balaban J connectivity index is 1.68. The van der Waals surface area contributed by atoms with Crippen LogP contribution in [0.25, 0.3) is 0 Å². The van der Waals surface area contributed by atoms with Gasteiger partial charge in [-0.25, -0.2) is 0 Å². The van der Waals surface area contributed by atoms with Crippen LogP contribution in [0.4, 0.5) is 0 Å². The van der Waals surface area contributed by atoms with Gasteiger partial charge in [-0.05, 0) is 36.1 Å². The van der Waals surface area contributed by atoms with Gasteiger partial charge < -0.3 is 10.2 Å². The molecule has 0 aromatic heterocycles. The average Bonchev–Trinajstić information content (AvgIpc) is 2.89. The number of nitrogens with one attached hydrogen (secondary N) is 1. The molecule has 0 aliphatic heterocycles. The Morgan fingerprint density at radius 2 is 1.39 bits per heavy atom. The summed E-state index contributed by atoms with van der Waals surface area (Å²) in [6.45, 7) is 0.153. The molecule has 2 amide bonds. The summed E-state index contributed by atoms with van der Waals surface area (Å²) in [7, 11) is 0. The van der Waals surface area contributed by atoms with Crippen LogP contribution in [0.5, 0.6) is 0 Å². The lowest BCUT2D eigenvalue weighted by molar-refractivity contribution is -0.141. The van der Waals surface area contributed by atoms with Crippen molar-refractivity contribution in [2.75, 3.05) is 0 Å². The van der Waals surface area contributed by atoms with Gasteiger partial charge >= 0.3 is 0 Å². The van der Waals surface area contributed by atoms with Crippen LogP contribution in [0, 0.1) is 0 Å². The molecule has 1 N–H and O–H groups in total. The van der Waals surface area contributed by atoms with Crippen LogP contribution in [0.1, 0.15) is 48.8 Å². The molecule has 0 spiro atoms. The van der Waals surface area contributed by atoms with Crippen molar-refractivity contribution in [3.63, 3.8) is 0 Å². The normalized spacial score (nSPS) is 14.7.